The zero-order valence-corrected chi connectivity index (χ0v) is 11.7. The van der Waals surface area contributed by atoms with E-state index in [-0.39, 0.29) is 6.10 Å². The van der Waals surface area contributed by atoms with Gasteiger partial charge in [0.25, 0.3) is 0 Å². The lowest BCUT2D eigenvalue weighted by Gasteiger charge is -2.40. The Bertz CT molecular complexity index is 351. The molecule has 0 saturated carbocycles. The first-order valence-electron chi connectivity index (χ1n) is 6.32. The van der Waals surface area contributed by atoms with Crippen molar-refractivity contribution < 1.29 is 4.74 Å². The molecule has 1 N–H and O–H groups in total. The molecular weight excluding hydrogens is 232 g/mol. The van der Waals surface area contributed by atoms with Crippen molar-refractivity contribution in [1.82, 2.24) is 10.2 Å². The van der Waals surface area contributed by atoms with Crippen molar-refractivity contribution in [2.24, 2.45) is 0 Å². The zero-order valence-electron chi connectivity index (χ0n) is 10.9. The van der Waals surface area contributed by atoms with Gasteiger partial charge >= 0.3 is 0 Å². The fraction of sp³-hybridized carbons (Fsp3) is 0.692. The zero-order chi connectivity index (χ0) is 12.3. The number of likely N-dealkylation sites (N-methyl/N-ethyl adjacent to an activating group) is 2. The van der Waals surface area contributed by atoms with E-state index in [1.54, 1.807) is 0 Å². The summed E-state index contributed by atoms with van der Waals surface area (Å²) in [6, 6.07) is 2.62. The number of hydrogen-bond donors (Lipinski definition) is 1. The molecule has 0 amide bonds. The third kappa shape index (κ3) is 2.71. The number of thiophene rings is 1. The molecule has 2 rings (SSSR count). The van der Waals surface area contributed by atoms with Gasteiger partial charge in [0.1, 0.15) is 0 Å². The molecule has 1 aliphatic rings. The lowest BCUT2D eigenvalue weighted by Crippen LogP contribution is -2.48. The SMILES string of the molecule is CCN1CCOC(CNC)C1c1sccc1C. The third-order valence-corrected chi connectivity index (χ3v) is 4.53. The van der Waals surface area contributed by atoms with E-state index in [0.29, 0.717) is 6.04 Å². The second-order valence-electron chi connectivity index (χ2n) is 4.51. The van der Waals surface area contributed by atoms with Crippen LogP contribution in [-0.2, 0) is 4.74 Å². The fourth-order valence-electron chi connectivity index (χ4n) is 2.54. The van der Waals surface area contributed by atoms with Crippen LogP contribution < -0.4 is 5.32 Å². The molecule has 2 unspecified atom stereocenters. The second-order valence-corrected chi connectivity index (χ2v) is 5.46. The number of nitrogens with zero attached hydrogens (tertiary/aromatic N) is 1. The molecule has 1 aliphatic heterocycles. The molecule has 0 aliphatic carbocycles. The average molecular weight is 254 g/mol. The van der Waals surface area contributed by atoms with E-state index in [2.05, 4.69) is 35.5 Å². The highest BCUT2D eigenvalue weighted by Crippen LogP contribution is 2.34. The highest BCUT2D eigenvalue weighted by molar-refractivity contribution is 7.10. The molecule has 4 heteroatoms. The normalized spacial score (nSPS) is 26.3. The standard InChI is InChI=1S/C13H22N2OS/c1-4-15-6-7-16-11(9-14-3)12(15)13-10(2)5-8-17-13/h5,8,11-12,14H,4,6-7,9H2,1-3H3. The summed E-state index contributed by atoms with van der Waals surface area (Å²) in [6.45, 7) is 8.33. The molecule has 1 fully saturated rings. The largest absolute Gasteiger partial charge is 0.374 e. The Hall–Kier alpha value is -0.420. The first kappa shape index (κ1) is 13.0. The first-order chi connectivity index (χ1) is 8.27. The number of aryl methyl sites for hydroxylation is 1. The molecule has 1 aromatic heterocycles. The van der Waals surface area contributed by atoms with Gasteiger partial charge in [-0.1, -0.05) is 6.92 Å². The summed E-state index contributed by atoms with van der Waals surface area (Å²) >= 11 is 1.86. The molecule has 1 saturated heterocycles. The molecule has 1 aromatic rings. The van der Waals surface area contributed by atoms with Gasteiger partial charge in [-0.25, -0.2) is 0 Å². The van der Waals surface area contributed by atoms with Crippen LogP contribution in [-0.4, -0.2) is 44.3 Å². The van der Waals surface area contributed by atoms with Gasteiger partial charge in [-0.2, -0.15) is 0 Å². The Balaban J connectivity index is 2.25. The van der Waals surface area contributed by atoms with Gasteiger partial charge in [0.2, 0.25) is 0 Å². The van der Waals surface area contributed by atoms with Gasteiger partial charge < -0.3 is 10.1 Å². The van der Waals surface area contributed by atoms with Crippen LogP contribution in [0.15, 0.2) is 11.4 Å². The summed E-state index contributed by atoms with van der Waals surface area (Å²) in [6.07, 6.45) is 0.269. The Labute approximate surface area is 108 Å². The summed E-state index contributed by atoms with van der Waals surface area (Å²) in [5.41, 5.74) is 1.39. The van der Waals surface area contributed by atoms with Crippen molar-refractivity contribution in [3.63, 3.8) is 0 Å². The monoisotopic (exact) mass is 254 g/mol. The first-order valence-corrected chi connectivity index (χ1v) is 7.20. The fourth-order valence-corrected chi connectivity index (χ4v) is 3.65. The van der Waals surface area contributed by atoms with E-state index >= 15 is 0 Å². The van der Waals surface area contributed by atoms with Gasteiger partial charge in [-0.05, 0) is 37.5 Å². The molecule has 0 bridgehead atoms. The summed E-state index contributed by atoms with van der Waals surface area (Å²) in [5, 5.41) is 5.43. The second kappa shape index (κ2) is 5.96. The number of nitrogens with one attached hydrogen (secondary N) is 1. The van der Waals surface area contributed by atoms with E-state index in [0.717, 1.165) is 26.2 Å². The van der Waals surface area contributed by atoms with E-state index < -0.39 is 0 Å². The topological polar surface area (TPSA) is 24.5 Å². The van der Waals surface area contributed by atoms with Gasteiger partial charge in [-0.3, -0.25) is 4.90 Å². The van der Waals surface area contributed by atoms with Crippen LogP contribution in [0.4, 0.5) is 0 Å². The van der Waals surface area contributed by atoms with Gasteiger partial charge in [0.05, 0.1) is 18.8 Å². The van der Waals surface area contributed by atoms with E-state index in [1.807, 2.05) is 18.4 Å². The van der Waals surface area contributed by atoms with Crippen molar-refractivity contribution in [1.29, 1.82) is 0 Å². The Morgan fingerprint density at radius 1 is 1.59 bits per heavy atom. The maximum Gasteiger partial charge on any atom is 0.0904 e. The minimum atomic E-state index is 0.269. The van der Waals surface area contributed by atoms with Crippen molar-refractivity contribution in [3.05, 3.63) is 21.9 Å². The minimum absolute atomic E-state index is 0.269. The Morgan fingerprint density at radius 2 is 2.41 bits per heavy atom. The van der Waals surface area contributed by atoms with Gasteiger partial charge in [0, 0.05) is 18.0 Å². The summed E-state index contributed by atoms with van der Waals surface area (Å²) in [5.74, 6) is 0. The van der Waals surface area contributed by atoms with Gasteiger partial charge in [0.15, 0.2) is 0 Å². The van der Waals surface area contributed by atoms with Crippen LogP contribution in [0.25, 0.3) is 0 Å². The molecule has 0 spiro atoms. The van der Waals surface area contributed by atoms with Crippen LogP contribution in [0, 0.1) is 6.92 Å². The third-order valence-electron chi connectivity index (χ3n) is 3.44. The Morgan fingerprint density at radius 3 is 3.00 bits per heavy atom. The predicted octanol–water partition coefficient (Wildman–Crippen LogP) is 2.04. The number of hydrogen-bond acceptors (Lipinski definition) is 4. The minimum Gasteiger partial charge on any atom is -0.374 e. The lowest BCUT2D eigenvalue weighted by molar-refractivity contribution is -0.0676. The average Bonchev–Trinajstić information content (AvgIpc) is 2.75. The van der Waals surface area contributed by atoms with Crippen molar-refractivity contribution >= 4 is 11.3 Å². The Kier molecular flexibility index (Phi) is 4.56. The van der Waals surface area contributed by atoms with Crippen molar-refractivity contribution in [2.75, 3.05) is 33.3 Å². The lowest BCUT2D eigenvalue weighted by atomic mass is 10.0. The summed E-state index contributed by atoms with van der Waals surface area (Å²) < 4.78 is 5.94. The van der Waals surface area contributed by atoms with Crippen LogP contribution >= 0.6 is 11.3 Å². The highest BCUT2D eigenvalue weighted by Gasteiger charge is 2.33. The van der Waals surface area contributed by atoms with Crippen LogP contribution in [0.2, 0.25) is 0 Å². The van der Waals surface area contributed by atoms with Crippen LogP contribution in [0.1, 0.15) is 23.4 Å². The number of morpholine rings is 1. The summed E-state index contributed by atoms with van der Waals surface area (Å²) in [7, 11) is 1.99. The van der Waals surface area contributed by atoms with Crippen LogP contribution in [0.5, 0.6) is 0 Å². The molecule has 96 valence electrons. The quantitative estimate of drug-likeness (QED) is 0.890. The van der Waals surface area contributed by atoms with E-state index in [1.165, 1.54) is 10.4 Å². The summed E-state index contributed by atoms with van der Waals surface area (Å²) in [4.78, 5) is 4.00. The number of rotatable bonds is 4. The predicted molar refractivity (Wildman–Crippen MR) is 72.7 cm³/mol. The molecule has 0 radical (unpaired) electrons. The maximum atomic E-state index is 5.94. The molecule has 0 aromatic carbocycles. The number of ether oxygens (including phenoxy) is 1. The van der Waals surface area contributed by atoms with Crippen molar-refractivity contribution in [2.45, 2.75) is 26.0 Å². The molecule has 2 atom stereocenters. The maximum absolute atomic E-state index is 5.94. The molecular formula is C13H22N2OS. The van der Waals surface area contributed by atoms with Gasteiger partial charge in [-0.15, -0.1) is 11.3 Å². The molecule has 2 heterocycles. The highest BCUT2D eigenvalue weighted by atomic mass is 32.1. The van der Waals surface area contributed by atoms with E-state index in [9.17, 15) is 0 Å². The smallest absolute Gasteiger partial charge is 0.0904 e. The molecule has 17 heavy (non-hydrogen) atoms. The van der Waals surface area contributed by atoms with Crippen molar-refractivity contribution in [3.8, 4) is 0 Å². The van der Waals surface area contributed by atoms with E-state index in [4.69, 9.17) is 4.74 Å². The molecule has 3 nitrogen and oxygen atoms in total. The van der Waals surface area contributed by atoms with Crippen LogP contribution in [0.3, 0.4) is 0 Å².